The minimum absolute atomic E-state index is 0.0406. The average Bonchev–Trinajstić information content (AvgIpc) is 3.28. The van der Waals surface area contributed by atoms with E-state index in [1.165, 1.54) is 0 Å². The number of hydrogen-bond donors (Lipinski definition) is 1. The number of halogens is 1. The fourth-order valence-corrected chi connectivity index (χ4v) is 2.86. The molecule has 1 N–H and O–H groups in total. The Morgan fingerprint density at radius 3 is 2.42 bits per heavy atom. The lowest BCUT2D eigenvalue weighted by molar-refractivity contribution is -0.135. The third kappa shape index (κ3) is 2.37. The van der Waals surface area contributed by atoms with Crippen LogP contribution in [0.2, 0.25) is 5.02 Å². The van der Waals surface area contributed by atoms with Gasteiger partial charge in [-0.15, -0.1) is 0 Å². The van der Waals surface area contributed by atoms with Gasteiger partial charge in [-0.25, -0.2) is 0 Å². The molecule has 3 rings (SSSR count). The van der Waals surface area contributed by atoms with Gasteiger partial charge in [-0.1, -0.05) is 23.7 Å². The van der Waals surface area contributed by atoms with Crippen LogP contribution in [0.15, 0.2) is 24.3 Å². The fourth-order valence-electron chi connectivity index (χ4n) is 2.74. The van der Waals surface area contributed by atoms with E-state index in [0.717, 1.165) is 31.2 Å². The van der Waals surface area contributed by atoms with Gasteiger partial charge in [-0.05, 0) is 43.4 Å². The van der Waals surface area contributed by atoms with E-state index in [2.05, 4.69) is 0 Å². The second-order valence-corrected chi connectivity index (χ2v) is 5.98. The summed E-state index contributed by atoms with van der Waals surface area (Å²) in [7, 11) is 0. The van der Waals surface area contributed by atoms with Gasteiger partial charge < -0.3 is 10.0 Å². The van der Waals surface area contributed by atoms with Crippen LogP contribution < -0.4 is 0 Å². The molecule has 4 heteroatoms. The minimum atomic E-state index is -0.345. The van der Waals surface area contributed by atoms with Crippen LogP contribution in [0.4, 0.5) is 0 Å². The van der Waals surface area contributed by atoms with E-state index in [0.29, 0.717) is 17.6 Å². The van der Waals surface area contributed by atoms with Crippen molar-refractivity contribution in [3.63, 3.8) is 0 Å². The molecule has 3 nitrogen and oxygen atoms in total. The number of rotatable bonds is 5. The molecule has 2 aliphatic rings. The van der Waals surface area contributed by atoms with Crippen molar-refractivity contribution >= 4 is 17.5 Å². The molecule has 0 bridgehead atoms. The van der Waals surface area contributed by atoms with Crippen LogP contribution in [0.5, 0.6) is 0 Å². The Labute approximate surface area is 118 Å². The van der Waals surface area contributed by atoms with Crippen LogP contribution in [-0.4, -0.2) is 35.1 Å². The lowest BCUT2D eigenvalue weighted by Gasteiger charge is -2.27. The Hall–Kier alpha value is -1.06. The van der Waals surface area contributed by atoms with Gasteiger partial charge >= 0.3 is 0 Å². The second-order valence-electron chi connectivity index (χ2n) is 5.54. The van der Waals surface area contributed by atoms with Gasteiger partial charge in [0.25, 0.3) is 0 Å². The smallest absolute Gasteiger partial charge is 0.233 e. The fraction of sp³-hybridized carbons (Fsp3) is 0.533. The first kappa shape index (κ1) is 12.9. The number of carbonyl (C=O) groups excluding carboxylic acids is 1. The summed E-state index contributed by atoms with van der Waals surface area (Å²) in [6.45, 7) is 0.498. The number of aliphatic hydroxyl groups excluding tert-OH is 1. The summed E-state index contributed by atoms with van der Waals surface area (Å²) < 4.78 is 0. The van der Waals surface area contributed by atoms with Gasteiger partial charge in [-0.3, -0.25) is 4.79 Å². The molecule has 19 heavy (non-hydrogen) atoms. The highest BCUT2D eigenvalue weighted by molar-refractivity contribution is 6.30. The van der Waals surface area contributed by atoms with E-state index in [-0.39, 0.29) is 17.9 Å². The van der Waals surface area contributed by atoms with Gasteiger partial charge in [0.15, 0.2) is 0 Å². The second kappa shape index (κ2) is 4.80. The number of carbonyl (C=O) groups is 1. The summed E-state index contributed by atoms with van der Waals surface area (Å²) in [5, 5.41) is 9.84. The summed E-state index contributed by atoms with van der Waals surface area (Å²) in [6.07, 6.45) is 3.95. The molecule has 1 aromatic rings. The molecule has 0 unspecified atom stereocenters. The van der Waals surface area contributed by atoms with E-state index in [1.807, 2.05) is 29.2 Å². The number of aliphatic hydroxyl groups is 1. The summed E-state index contributed by atoms with van der Waals surface area (Å²) in [4.78, 5) is 14.6. The van der Waals surface area contributed by atoms with E-state index in [9.17, 15) is 4.79 Å². The Kier molecular flexibility index (Phi) is 3.27. The number of benzene rings is 1. The van der Waals surface area contributed by atoms with Crippen molar-refractivity contribution in [2.45, 2.75) is 37.1 Å². The highest BCUT2D eigenvalue weighted by Crippen LogP contribution is 2.50. The summed E-state index contributed by atoms with van der Waals surface area (Å²) in [5.41, 5.74) is 0.716. The molecule has 1 aromatic carbocycles. The van der Waals surface area contributed by atoms with Crippen molar-refractivity contribution in [2.75, 3.05) is 13.2 Å². The van der Waals surface area contributed by atoms with E-state index in [4.69, 9.17) is 16.7 Å². The number of amides is 1. The standard InChI is InChI=1S/C15H18ClNO2/c16-12-3-1-11(2-4-12)15(7-8-15)14(19)17(9-10-18)13-5-6-13/h1-4,13,18H,5-10H2. The Morgan fingerprint density at radius 2 is 1.95 bits per heavy atom. The highest BCUT2D eigenvalue weighted by Gasteiger charge is 2.54. The number of nitrogens with zero attached hydrogens (tertiary/aromatic N) is 1. The molecule has 2 fully saturated rings. The normalized spacial score (nSPS) is 20.1. The minimum Gasteiger partial charge on any atom is -0.395 e. The Bertz CT molecular complexity index is 477. The van der Waals surface area contributed by atoms with Crippen LogP contribution in [0.1, 0.15) is 31.2 Å². The molecule has 0 aliphatic heterocycles. The quantitative estimate of drug-likeness (QED) is 0.899. The maximum atomic E-state index is 12.8. The van der Waals surface area contributed by atoms with Crippen molar-refractivity contribution in [1.82, 2.24) is 4.90 Å². The average molecular weight is 280 g/mol. The SMILES string of the molecule is O=C(N(CCO)C1CC1)C1(c2ccc(Cl)cc2)CC1. The Morgan fingerprint density at radius 1 is 1.32 bits per heavy atom. The van der Waals surface area contributed by atoms with Crippen LogP contribution >= 0.6 is 11.6 Å². The first-order valence-corrected chi connectivity index (χ1v) is 7.23. The topological polar surface area (TPSA) is 40.5 Å². The molecule has 0 spiro atoms. The van der Waals surface area contributed by atoms with Gasteiger partial charge in [0.1, 0.15) is 0 Å². The third-order valence-electron chi connectivity index (χ3n) is 4.15. The van der Waals surface area contributed by atoms with E-state index < -0.39 is 0 Å². The van der Waals surface area contributed by atoms with Gasteiger partial charge in [0, 0.05) is 17.6 Å². The van der Waals surface area contributed by atoms with Crippen LogP contribution in [0, 0.1) is 0 Å². The largest absolute Gasteiger partial charge is 0.395 e. The van der Waals surface area contributed by atoms with Crippen molar-refractivity contribution in [3.05, 3.63) is 34.9 Å². The lowest BCUT2D eigenvalue weighted by Crippen LogP contribution is -2.42. The molecular formula is C15H18ClNO2. The van der Waals surface area contributed by atoms with E-state index in [1.54, 1.807) is 0 Å². The monoisotopic (exact) mass is 279 g/mol. The van der Waals surface area contributed by atoms with Crippen LogP contribution in [-0.2, 0) is 10.2 Å². The molecule has 0 saturated heterocycles. The molecule has 0 aromatic heterocycles. The molecule has 1 amide bonds. The molecule has 102 valence electrons. The lowest BCUT2D eigenvalue weighted by atomic mass is 9.94. The molecular weight excluding hydrogens is 262 g/mol. The predicted molar refractivity (Wildman–Crippen MR) is 74.2 cm³/mol. The summed E-state index contributed by atoms with van der Waals surface area (Å²) in [5.74, 6) is 0.186. The summed E-state index contributed by atoms with van der Waals surface area (Å²) in [6, 6.07) is 7.95. The highest BCUT2D eigenvalue weighted by atomic mass is 35.5. The van der Waals surface area contributed by atoms with Crippen molar-refractivity contribution < 1.29 is 9.90 Å². The molecule has 0 radical (unpaired) electrons. The van der Waals surface area contributed by atoms with Gasteiger partial charge in [0.05, 0.1) is 12.0 Å². The van der Waals surface area contributed by atoms with Gasteiger partial charge in [0.2, 0.25) is 5.91 Å². The molecule has 0 heterocycles. The molecule has 2 aliphatic carbocycles. The Balaban J connectivity index is 1.83. The first-order valence-electron chi connectivity index (χ1n) is 6.85. The summed E-state index contributed by atoms with van der Waals surface area (Å²) >= 11 is 5.91. The predicted octanol–water partition coefficient (Wildman–Crippen LogP) is 2.35. The third-order valence-corrected chi connectivity index (χ3v) is 4.40. The van der Waals surface area contributed by atoms with Crippen LogP contribution in [0.25, 0.3) is 0 Å². The first-order chi connectivity index (χ1) is 9.17. The molecule has 0 atom stereocenters. The maximum Gasteiger partial charge on any atom is 0.233 e. The van der Waals surface area contributed by atoms with Crippen molar-refractivity contribution in [2.24, 2.45) is 0 Å². The van der Waals surface area contributed by atoms with Crippen molar-refractivity contribution in [3.8, 4) is 0 Å². The number of hydrogen-bond acceptors (Lipinski definition) is 2. The zero-order chi connectivity index (χ0) is 13.5. The van der Waals surface area contributed by atoms with Crippen molar-refractivity contribution in [1.29, 1.82) is 0 Å². The zero-order valence-corrected chi connectivity index (χ0v) is 11.6. The van der Waals surface area contributed by atoms with Gasteiger partial charge in [-0.2, -0.15) is 0 Å². The molecule has 2 saturated carbocycles. The maximum absolute atomic E-state index is 12.8. The van der Waals surface area contributed by atoms with Crippen LogP contribution in [0.3, 0.4) is 0 Å². The zero-order valence-electron chi connectivity index (χ0n) is 10.8. The van der Waals surface area contributed by atoms with E-state index >= 15 is 0 Å².